The monoisotopic (exact) mass is 402 g/mol. The Labute approximate surface area is 176 Å². The van der Waals surface area contributed by atoms with Gasteiger partial charge in [0.05, 0.1) is 0 Å². The zero-order valence-corrected chi connectivity index (χ0v) is 16.9. The highest BCUT2D eigenvalue weighted by atomic mass is 16.5. The summed E-state index contributed by atoms with van der Waals surface area (Å²) in [6, 6.07) is 17.2. The molecule has 3 aliphatic rings. The average Bonchev–Trinajstić information content (AvgIpc) is 2.77. The third kappa shape index (κ3) is 2.76. The molecule has 1 N–H and O–H groups in total. The third-order valence-corrected chi connectivity index (χ3v) is 6.86. The number of fused-ring (bicyclic) bond motifs is 2. The molecule has 4 atom stereocenters. The van der Waals surface area contributed by atoms with E-state index in [2.05, 4.69) is 11.9 Å². The maximum Gasteiger partial charge on any atom is 0.239 e. The van der Waals surface area contributed by atoms with Crippen LogP contribution in [0, 0.1) is 11.8 Å². The number of piperidine rings is 1. The van der Waals surface area contributed by atoms with E-state index in [1.165, 1.54) is 0 Å². The maximum absolute atomic E-state index is 13.8. The lowest BCUT2D eigenvalue weighted by atomic mass is 9.61. The lowest BCUT2D eigenvalue weighted by Crippen LogP contribution is -2.71. The number of carbonyl (C=O) groups excluding carboxylic acids is 2. The largest absolute Gasteiger partial charge is 0.467 e. The van der Waals surface area contributed by atoms with E-state index < -0.39 is 11.6 Å². The minimum Gasteiger partial charge on any atom is -0.467 e. The van der Waals surface area contributed by atoms with Gasteiger partial charge in [0, 0.05) is 30.5 Å². The lowest BCUT2D eigenvalue weighted by Gasteiger charge is -2.60. The van der Waals surface area contributed by atoms with Crippen molar-refractivity contribution in [2.24, 2.45) is 11.8 Å². The number of ether oxygens (including phenoxy) is 1. The van der Waals surface area contributed by atoms with E-state index in [4.69, 9.17) is 4.74 Å². The number of nitrogens with zero attached hydrogens (tertiary/aromatic N) is 1. The van der Waals surface area contributed by atoms with Crippen LogP contribution in [0.4, 0.5) is 5.69 Å². The summed E-state index contributed by atoms with van der Waals surface area (Å²) in [7, 11) is 0. The van der Waals surface area contributed by atoms with Crippen LogP contribution in [0.5, 0.6) is 5.75 Å². The summed E-state index contributed by atoms with van der Waals surface area (Å²) in [4.78, 5) is 29.0. The minimum absolute atomic E-state index is 0.0883. The van der Waals surface area contributed by atoms with E-state index in [1.54, 1.807) is 11.0 Å². The van der Waals surface area contributed by atoms with Crippen molar-refractivity contribution in [1.29, 1.82) is 0 Å². The summed E-state index contributed by atoms with van der Waals surface area (Å²) in [5.74, 6) is -0.508. The summed E-state index contributed by atoms with van der Waals surface area (Å²) < 4.78 is 6.60. The molecule has 0 radical (unpaired) electrons. The lowest BCUT2D eigenvalue weighted by molar-refractivity contribution is -0.204. The molecule has 2 bridgehead atoms. The van der Waals surface area contributed by atoms with Gasteiger partial charge in [-0.1, -0.05) is 48.9 Å². The van der Waals surface area contributed by atoms with Crippen LogP contribution in [0.1, 0.15) is 37.2 Å². The van der Waals surface area contributed by atoms with Crippen LogP contribution in [-0.2, 0) is 9.59 Å². The molecule has 2 amide bonds. The molecular weight excluding hydrogens is 376 g/mol. The molecule has 2 fully saturated rings. The molecule has 5 heteroatoms. The molecule has 1 aliphatic carbocycles. The molecule has 0 unspecified atom stereocenters. The van der Waals surface area contributed by atoms with Gasteiger partial charge in [-0.3, -0.25) is 14.5 Å². The quantitative estimate of drug-likeness (QED) is 0.612. The Morgan fingerprint density at radius 2 is 1.93 bits per heavy atom. The molecule has 0 spiro atoms. The number of para-hydroxylation sites is 2. The van der Waals surface area contributed by atoms with Crippen LogP contribution in [0.15, 0.2) is 67.3 Å². The highest BCUT2D eigenvalue weighted by Gasteiger charge is 2.64. The van der Waals surface area contributed by atoms with Crippen molar-refractivity contribution in [3.63, 3.8) is 0 Å². The number of anilines is 1. The fraction of sp³-hybridized carbons (Fsp3) is 0.360. The number of amides is 2. The normalized spacial score (nSPS) is 29.3. The van der Waals surface area contributed by atoms with Crippen LogP contribution in [0.25, 0.3) is 0 Å². The number of hydrogen-bond donors (Lipinski definition) is 1. The van der Waals surface area contributed by atoms with Crippen molar-refractivity contribution in [3.8, 4) is 5.75 Å². The second kappa shape index (κ2) is 7.31. The molecule has 2 aromatic rings. The molecule has 2 heterocycles. The van der Waals surface area contributed by atoms with Gasteiger partial charge in [0.15, 0.2) is 5.72 Å². The number of nitrogens with one attached hydrogen (secondary N) is 1. The van der Waals surface area contributed by atoms with E-state index in [0.717, 1.165) is 37.0 Å². The topological polar surface area (TPSA) is 58.6 Å². The number of likely N-dealkylation sites (tertiary alicyclic amines) is 1. The Morgan fingerprint density at radius 1 is 1.17 bits per heavy atom. The van der Waals surface area contributed by atoms with Crippen molar-refractivity contribution in [2.75, 3.05) is 11.9 Å². The Balaban J connectivity index is 1.63. The first kappa shape index (κ1) is 18.9. The number of rotatable bonds is 4. The third-order valence-electron chi connectivity index (χ3n) is 6.86. The molecule has 30 heavy (non-hydrogen) atoms. The van der Waals surface area contributed by atoms with Crippen LogP contribution < -0.4 is 10.1 Å². The Bertz CT molecular complexity index is 989. The van der Waals surface area contributed by atoms with Crippen molar-refractivity contribution < 1.29 is 14.3 Å². The number of carbonyl (C=O) groups is 2. The predicted octanol–water partition coefficient (Wildman–Crippen LogP) is 4.33. The Hall–Kier alpha value is -3.08. The molecule has 5 rings (SSSR count). The van der Waals surface area contributed by atoms with E-state index in [1.807, 2.05) is 54.6 Å². The molecule has 154 valence electrons. The summed E-state index contributed by atoms with van der Waals surface area (Å²) in [6.07, 6.45) is 5.55. The first-order valence-corrected chi connectivity index (χ1v) is 10.7. The first-order chi connectivity index (χ1) is 14.7. The molecular formula is C25H26N2O3. The van der Waals surface area contributed by atoms with E-state index in [0.29, 0.717) is 12.2 Å². The molecule has 1 saturated carbocycles. The van der Waals surface area contributed by atoms with E-state index >= 15 is 0 Å². The maximum atomic E-state index is 13.8. The zero-order valence-electron chi connectivity index (χ0n) is 16.9. The van der Waals surface area contributed by atoms with Gasteiger partial charge in [-0.2, -0.15) is 0 Å². The molecule has 5 nitrogen and oxygen atoms in total. The highest BCUT2D eigenvalue weighted by molar-refractivity contribution is 6.08. The Morgan fingerprint density at radius 3 is 2.73 bits per heavy atom. The SMILES string of the molecule is C=CCN1C(=O)[C@@H](C(=O)Nc2ccccc2)[C@H]2c3ccccc3O[C@@]13CCCC[C@@H]23. The molecule has 2 aromatic carbocycles. The van der Waals surface area contributed by atoms with E-state index in [-0.39, 0.29) is 23.7 Å². The van der Waals surface area contributed by atoms with Gasteiger partial charge in [-0.15, -0.1) is 6.58 Å². The smallest absolute Gasteiger partial charge is 0.239 e. The van der Waals surface area contributed by atoms with Crippen molar-refractivity contribution >= 4 is 17.5 Å². The molecule has 2 aliphatic heterocycles. The standard InChI is InChI=1S/C25H26N2O3/c1-2-16-27-24(29)22(23(28)26-17-10-4-3-5-11-17)21-18-12-6-7-14-20(18)30-25(27)15-9-8-13-19(21)25/h2-7,10-12,14,19,21-22H,1,8-9,13,15-16H2,(H,26,28)/t19-,21-,22+,25+/m0/s1. The molecule has 1 saturated heterocycles. The first-order valence-electron chi connectivity index (χ1n) is 10.7. The summed E-state index contributed by atoms with van der Waals surface area (Å²) >= 11 is 0. The second-order valence-electron chi connectivity index (χ2n) is 8.43. The summed E-state index contributed by atoms with van der Waals surface area (Å²) in [5.41, 5.74) is 0.984. The van der Waals surface area contributed by atoms with Gasteiger partial charge >= 0.3 is 0 Å². The highest BCUT2D eigenvalue weighted by Crippen LogP contribution is 2.58. The number of hydrogen-bond acceptors (Lipinski definition) is 3. The van der Waals surface area contributed by atoms with E-state index in [9.17, 15) is 9.59 Å². The predicted molar refractivity (Wildman–Crippen MR) is 115 cm³/mol. The van der Waals surface area contributed by atoms with Crippen LogP contribution in [0.2, 0.25) is 0 Å². The second-order valence-corrected chi connectivity index (χ2v) is 8.43. The fourth-order valence-electron chi connectivity index (χ4n) is 5.70. The van der Waals surface area contributed by atoms with Crippen molar-refractivity contribution in [3.05, 3.63) is 72.8 Å². The fourth-order valence-corrected chi connectivity index (χ4v) is 5.70. The summed E-state index contributed by atoms with van der Waals surface area (Å²) in [6.45, 7) is 4.24. The molecule has 0 aromatic heterocycles. The van der Waals surface area contributed by atoms with Gasteiger partial charge in [0.25, 0.3) is 0 Å². The van der Waals surface area contributed by atoms with Gasteiger partial charge in [-0.25, -0.2) is 0 Å². The van der Waals surface area contributed by atoms with Crippen LogP contribution in [0.3, 0.4) is 0 Å². The van der Waals surface area contributed by atoms with Gasteiger partial charge in [-0.05, 0) is 36.6 Å². The van der Waals surface area contributed by atoms with Crippen molar-refractivity contribution in [1.82, 2.24) is 4.90 Å². The van der Waals surface area contributed by atoms with Gasteiger partial charge in [0.1, 0.15) is 11.7 Å². The summed E-state index contributed by atoms with van der Waals surface area (Å²) in [5, 5.41) is 2.98. The number of benzene rings is 2. The van der Waals surface area contributed by atoms with Crippen LogP contribution >= 0.6 is 0 Å². The average molecular weight is 402 g/mol. The zero-order chi connectivity index (χ0) is 20.7. The van der Waals surface area contributed by atoms with Crippen LogP contribution in [-0.4, -0.2) is 29.0 Å². The minimum atomic E-state index is -0.786. The Kier molecular flexibility index (Phi) is 4.61. The van der Waals surface area contributed by atoms with Crippen molar-refractivity contribution in [2.45, 2.75) is 37.3 Å². The van der Waals surface area contributed by atoms with Gasteiger partial charge in [0.2, 0.25) is 11.8 Å². The van der Waals surface area contributed by atoms with Gasteiger partial charge < -0.3 is 10.1 Å².